The lowest BCUT2D eigenvalue weighted by Crippen LogP contribution is -2.51. The van der Waals surface area contributed by atoms with E-state index >= 15 is 0 Å². The molecule has 0 fully saturated rings. The molecule has 0 aliphatic carbocycles. The SMILES string of the molecule is [CH2]CC(O)(O)C(C)(O)O. The zero-order chi connectivity index (χ0) is 7.71. The fourth-order valence-corrected chi connectivity index (χ4v) is 0.237. The first-order chi connectivity index (χ1) is 3.81. The minimum Gasteiger partial charge on any atom is -0.362 e. The van der Waals surface area contributed by atoms with E-state index in [1.54, 1.807) is 0 Å². The van der Waals surface area contributed by atoms with Gasteiger partial charge in [-0.1, -0.05) is 0 Å². The molecule has 4 N–H and O–H groups in total. The van der Waals surface area contributed by atoms with Gasteiger partial charge >= 0.3 is 0 Å². The summed E-state index contributed by atoms with van der Waals surface area (Å²) in [4.78, 5) is 0. The van der Waals surface area contributed by atoms with Crippen LogP contribution in [0.4, 0.5) is 0 Å². The first-order valence-corrected chi connectivity index (χ1v) is 2.50. The highest BCUT2D eigenvalue weighted by Crippen LogP contribution is 2.18. The average molecular weight is 135 g/mol. The molecule has 4 nitrogen and oxygen atoms in total. The van der Waals surface area contributed by atoms with Crippen molar-refractivity contribution < 1.29 is 20.4 Å². The van der Waals surface area contributed by atoms with E-state index in [0.717, 1.165) is 6.92 Å². The highest BCUT2D eigenvalue weighted by Gasteiger charge is 2.40. The monoisotopic (exact) mass is 135 g/mol. The van der Waals surface area contributed by atoms with Gasteiger partial charge < -0.3 is 20.4 Å². The summed E-state index contributed by atoms with van der Waals surface area (Å²) in [5.41, 5.74) is 0. The standard InChI is InChI=1S/C5H11O4/c1-3-5(8,9)4(2,6)7/h6-9H,1,3H2,2H3. The molecule has 9 heavy (non-hydrogen) atoms. The molecule has 0 aliphatic rings. The second kappa shape index (κ2) is 2.22. The van der Waals surface area contributed by atoms with Crippen LogP contribution in [0.2, 0.25) is 0 Å². The van der Waals surface area contributed by atoms with Gasteiger partial charge in [0.1, 0.15) is 0 Å². The van der Waals surface area contributed by atoms with E-state index < -0.39 is 11.6 Å². The van der Waals surface area contributed by atoms with Crippen LogP contribution < -0.4 is 0 Å². The molecule has 55 valence electrons. The van der Waals surface area contributed by atoms with Crippen molar-refractivity contribution in [1.29, 1.82) is 0 Å². The van der Waals surface area contributed by atoms with Gasteiger partial charge in [-0.25, -0.2) is 0 Å². The molecule has 0 unspecified atom stereocenters. The van der Waals surface area contributed by atoms with Gasteiger partial charge in [0.15, 0.2) is 0 Å². The summed E-state index contributed by atoms with van der Waals surface area (Å²) >= 11 is 0. The van der Waals surface area contributed by atoms with E-state index in [4.69, 9.17) is 20.4 Å². The number of hydrogen-bond acceptors (Lipinski definition) is 4. The molecule has 0 rings (SSSR count). The third kappa shape index (κ3) is 1.91. The maximum Gasteiger partial charge on any atom is 0.218 e. The minimum absolute atomic E-state index is 0.378. The van der Waals surface area contributed by atoms with Gasteiger partial charge in [0.2, 0.25) is 11.6 Å². The predicted molar refractivity (Wildman–Crippen MR) is 30.0 cm³/mol. The molecule has 0 aromatic heterocycles. The van der Waals surface area contributed by atoms with Crippen molar-refractivity contribution in [2.24, 2.45) is 0 Å². The van der Waals surface area contributed by atoms with Gasteiger partial charge in [0, 0.05) is 6.42 Å². The molecule has 0 bridgehead atoms. The van der Waals surface area contributed by atoms with E-state index in [1.807, 2.05) is 0 Å². The van der Waals surface area contributed by atoms with Crippen LogP contribution in [0.15, 0.2) is 0 Å². The molecule has 0 amide bonds. The highest BCUT2D eigenvalue weighted by atomic mass is 16.6. The lowest BCUT2D eigenvalue weighted by atomic mass is 10.1. The van der Waals surface area contributed by atoms with Crippen LogP contribution >= 0.6 is 0 Å². The topological polar surface area (TPSA) is 80.9 Å². The van der Waals surface area contributed by atoms with E-state index in [2.05, 4.69) is 6.92 Å². The van der Waals surface area contributed by atoms with Crippen LogP contribution in [-0.2, 0) is 0 Å². The molecule has 1 radical (unpaired) electrons. The molecule has 0 saturated carbocycles. The molecule has 0 aromatic rings. The maximum absolute atomic E-state index is 8.65. The summed E-state index contributed by atoms with van der Waals surface area (Å²) in [6.07, 6.45) is -0.378. The summed E-state index contributed by atoms with van der Waals surface area (Å²) in [5, 5.41) is 34.4. The number of hydrogen-bond donors (Lipinski definition) is 4. The third-order valence-electron chi connectivity index (χ3n) is 1.11. The summed E-state index contributed by atoms with van der Waals surface area (Å²) < 4.78 is 0. The summed E-state index contributed by atoms with van der Waals surface area (Å²) in [6, 6.07) is 0. The largest absolute Gasteiger partial charge is 0.362 e. The Morgan fingerprint density at radius 3 is 1.56 bits per heavy atom. The molecule has 0 aromatic carbocycles. The average Bonchev–Trinajstić information content (AvgIpc) is 1.64. The smallest absolute Gasteiger partial charge is 0.218 e. The summed E-state index contributed by atoms with van der Waals surface area (Å²) in [7, 11) is 0. The fourth-order valence-electron chi connectivity index (χ4n) is 0.237. The van der Waals surface area contributed by atoms with Crippen molar-refractivity contribution in [3.05, 3.63) is 6.92 Å². The van der Waals surface area contributed by atoms with Gasteiger partial charge in [-0.15, -0.1) is 0 Å². The van der Waals surface area contributed by atoms with Crippen LogP contribution in [0, 0.1) is 6.92 Å². The van der Waals surface area contributed by atoms with Crippen LogP contribution in [-0.4, -0.2) is 32.0 Å². The normalized spacial score (nSPS) is 14.0. The second-order valence-electron chi connectivity index (χ2n) is 2.09. The third-order valence-corrected chi connectivity index (χ3v) is 1.11. The Bertz CT molecular complexity index is 91.6. The molecular weight excluding hydrogens is 124 g/mol. The number of aliphatic hydroxyl groups is 4. The molecule has 0 spiro atoms. The van der Waals surface area contributed by atoms with Gasteiger partial charge in [-0.2, -0.15) is 0 Å². The Balaban J connectivity index is 4.14. The van der Waals surface area contributed by atoms with Crippen molar-refractivity contribution in [3.8, 4) is 0 Å². The van der Waals surface area contributed by atoms with Crippen LogP contribution in [0.25, 0.3) is 0 Å². The predicted octanol–water partition coefficient (Wildman–Crippen LogP) is -1.41. The first kappa shape index (κ1) is 8.84. The lowest BCUT2D eigenvalue weighted by molar-refractivity contribution is -0.346. The summed E-state index contributed by atoms with van der Waals surface area (Å²) in [6.45, 7) is 3.98. The van der Waals surface area contributed by atoms with Gasteiger partial charge in [0.05, 0.1) is 0 Å². The van der Waals surface area contributed by atoms with Gasteiger partial charge in [0.25, 0.3) is 0 Å². The molecular formula is C5H11O4. The minimum atomic E-state index is -2.52. The zero-order valence-electron chi connectivity index (χ0n) is 5.20. The van der Waals surface area contributed by atoms with Crippen molar-refractivity contribution in [1.82, 2.24) is 0 Å². The maximum atomic E-state index is 8.65. The van der Waals surface area contributed by atoms with Crippen molar-refractivity contribution in [2.45, 2.75) is 24.9 Å². The van der Waals surface area contributed by atoms with Crippen molar-refractivity contribution >= 4 is 0 Å². The van der Waals surface area contributed by atoms with Crippen LogP contribution in [0.5, 0.6) is 0 Å². The Hall–Kier alpha value is -0.160. The fraction of sp³-hybridized carbons (Fsp3) is 0.800. The van der Waals surface area contributed by atoms with Gasteiger partial charge in [-0.3, -0.25) is 0 Å². The Morgan fingerprint density at radius 2 is 1.56 bits per heavy atom. The molecule has 0 heterocycles. The number of rotatable bonds is 2. The first-order valence-electron chi connectivity index (χ1n) is 2.50. The van der Waals surface area contributed by atoms with Crippen molar-refractivity contribution in [2.75, 3.05) is 0 Å². The van der Waals surface area contributed by atoms with E-state index in [-0.39, 0.29) is 6.42 Å². The van der Waals surface area contributed by atoms with E-state index in [1.165, 1.54) is 0 Å². The summed E-state index contributed by atoms with van der Waals surface area (Å²) in [5.74, 6) is -5.03. The highest BCUT2D eigenvalue weighted by molar-refractivity contribution is 4.78. The Morgan fingerprint density at radius 1 is 1.22 bits per heavy atom. The Kier molecular flexibility index (Phi) is 2.19. The molecule has 4 heteroatoms. The van der Waals surface area contributed by atoms with Crippen LogP contribution in [0.3, 0.4) is 0 Å². The quantitative estimate of drug-likeness (QED) is 0.351. The molecule has 0 aliphatic heterocycles. The van der Waals surface area contributed by atoms with Crippen LogP contribution in [0.1, 0.15) is 13.3 Å². The molecule has 0 saturated heterocycles. The van der Waals surface area contributed by atoms with E-state index in [9.17, 15) is 0 Å². The van der Waals surface area contributed by atoms with Crippen molar-refractivity contribution in [3.63, 3.8) is 0 Å². The second-order valence-corrected chi connectivity index (χ2v) is 2.09. The Labute approximate surface area is 53.4 Å². The zero-order valence-corrected chi connectivity index (χ0v) is 5.20. The van der Waals surface area contributed by atoms with E-state index in [0.29, 0.717) is 0 Å². The van der Waals surface area contributed by atoms with Gasteiger partial charge in [-0.05, 0) is 13.8 Å². The lowest BCUT2D eigenvalue weighted by Gasteiger charge is -2.30. The molecule has 0 atom stereocenters.